The van der Waals surface area contributed by atoms with Gasteiger partial charge in [0, 0.05) is 12.8 Å². The standard InChI is InChI=1S/C6H7O2P/c1-2-3-4-5-6-9(7)8/h1,9H,3-4H2,(H,7,8). The van der Waals surface area contributed by atoms with Gasteiger partial charge in [0.1, 0.15) is 0 Å². The predicted octanol–water partition coefficient (Wildman–Crippen LogP) is 0.828. The Hall–Kier alpha value is -0.690. The molecule has 0 aromatic heterocycles. The maximum atomic E-state index is 9.92. The number of hydrogen-bond acceptors (Lipinski definition) is 1. The molecule has 1 N–H and O–H groups in total. The van der Waals surface area contributed by atoms with E-state index in [1.54, 1.807) is 0 Å². The van der Waals surface area contributed by atoms with E-state index in [1.807, 2.05) is 0 Å². The van der Waals surface area contributed by atoms with E-state index in [-0.39, 0.29) is 0 Å². The zero-order valence-corrected chi connectivity index (χ0v) is 5.85. The summed E-state index contributed by atoms with van der Waals surface area (Å²) in [5.41, 5.74) is 2.14. The van der Waals surface area contributed by atoms with Crippen molar-refractivity contribution in [3.8, 4) is 23.9 Å². The van der Waals surface area contributed by atoms with Crippen LogP contribution in [0.2, 0.25) is 0 Å². The highest BCUT2D eigenvalue weighted by atomic mass is 31.1. The van der Waals surface area contributed by atoms with E-state index in [1.165, 1.54) is 0 Å². The fraction of sp³-hybridized carbons (Fsp3) is 0.333. The first-order valence-corrected chi connectivity index (χ1v) is 3.78. The minimum atomic E-state index is -2.59. The zero-order valence-electron chi connectivity index (χ0n) is 4.85. The number of hydrogen-bond donors (Lipinski definition) is 1. The minimum absolute atomic E-state index is 0.507. The van der Waals surface area contributed by atoms with Gasteiger partial charge in [-0.3, -0.25) is 4.57 Å². The third-order valence-corrected chi connectivity index (χ3v) is 0.980. The molecule has 1 unspecified atom stereocenters. The van der Waals surface area contributed by atoms with E-state index >= 15 is 0 Å². The summed E-state index contributed by atoms with van der Waals surface area (Å²) in [6.07, 6.45) is 5.95. The summed E-state index contributed by atoms with van der Waals surface area (Å²) in [4.78, 5) is 8.17. The van der Waals surface area contributed by atoms with Crippen LogP contribution < -0.4 is 0 Å². The van der Waals surface area contributed by atoms with Crippen molar-refractivity contribution in [3.63, 3.8) is 0 Å². The molecule has 1 atom stereocenters. The average Bonchev–Trinajstić information content (AvgIpc) is 1.80. The molecule has 3 heteroatoms. The van der Waals surface area contributed by atoms with Crippen molar-refractivity contribution in [2.24, 2.45) is 0 Å². The van der Waals surface area contributed by atoms with Crippen LogP contribution in [-0.2, 0) is 4.57 Å². The van der Waals surface area contributed by atoms with E-state index in [0.717, 1.165) is 0 Å². The van der Waals surface area contributed by atoms with Crippen LogP contribution in [-0.4, -0.2) is 4.89 Å². The molecule has 0 aliphatic heterocycles. The Morgan fingerprint density at radius 2 is 2.22 bits per heavy atom. The molecule has 0 spiro atoms. The van der Waals surface area contributed by atoms with Gasteiger partial charge in [0.2, 0.25) is 0 Å². The van der Waals surface area contributed by atoms with Gasteiger partial charge >= 0.3 is 0 Å². The Morgan fingerprint density at radius 1 is 1.56 bits per heavy atom. The van der Waals surface area contributed by atoms with Crippen LogP contribution in [0.15, 0.2) is 0 Å². The third-order valence-electron chi connectivity index (χ3n) is 0.590. The van der Waals surface area contributed by atoms with Crippen molar-refractivity contribution in [3.05, 3.63) is 0 Å². The molecule has 0 fully saturated rings. The Kier molecular flexibility index (Phi) is 5.03. The highest BCUT2D eigenvalue weighted by molar-refractivity contribution is 7.44. The summed E-state index contributed by atoms with van der Waals surface area (Å²) in [7, 11) is -2.59. The van der Waals surface area contributed by atoms with Gasteiger partial charge in [-0.15, -0.1) is 12.3 Å². The Bertz CT molecular complexity index is 191. The number of unbranched alkanes of at least 4 members (excludes halogenated alkanes) is 1. The first-order chi connectivity index (χ1) is 4.27. The van der Waals surface area contributed by atoms with Gasteiger partial charge in [0.25, 0.3) is 8.03 Å². The van der Waals surface area contributed by atoms with Crippen LogP contribution in [0.4, 0.5) is 0 Å². The molecule has 9 heavy (non-hydrogen) atoms. The molecule has 0 aromatic carbocycles. The summed E-state index contributed by atoms with van der Waals surface area (Å²) >= 11 is 0. The Morgan fingerprint density at radius 3 is 2.67 bits per heavy atom. The molecular weight excluding hydrogens is 135 g/mol. The SMILES string of the molecule is C#CCCC#C[PH](=O)O. The molecule has 0 saturated carbocycles. The Labute approximate surface area is 55.1 Å². The number of rotatable bonds is 1. The van der Waals surface area contributed by atoms with E-state index in [0.29, 0.717) is 12.8 Å². The van der Waals surface area contributed by atoms with Crippen LogP contribution in [0.25, 0.3) is 0 Å². The molecule has 0 amide bonds. The number of terminal acetylenes is 1. The molecule has 0 radical (unpaired) electrons. The smallest absolute Gasteiger partial charge is 0.259 e. The lowest BCUT2D eigenvalue weighted by molar-refractivity contribution is 0.514. The molecule has 0 aliphatic carbocycles. The minimum Gasteiger partial charge on any atom is -0.338 e. The van der Waals surface area contributed by atoms with Crippen LogP contribution in [0.5, 0.6) is 0 Å². The monoisotopic (exact) mass is 142 g/mol. The van der Waals surface area contributed by atoms with E-state index in [9.17, 15) is 4.57 Å². The predicted molar refractivity (Wildman–Crippen MR) is 37.1 cm³/mol. The lowest BCUT2D eigenvalue weighted by Crippen LogP contribution is -1.61. The molecule has 2 nitrogen and oxygen atoms in total. The molecule has 0 aromatic rings. The zero-order chi connectivity index (χ0) is 7.11. The van der Waals surface area contributed by atoms with E-state index in [2.05, 4.69) is 17.5 Å². The van der Waals surface area contributed by atoms with Gasteiger partial charge in [-0.05, 0) is 5.66 Å². The van der Waals surface area contributed by atoms with Crippen LogP contribution in [0, 0.1) is 23.9 Å². The average molecular weight is 142 g/mol. The van der Waals surface area contributed by atoms with Crippen LogP contribution in [0.1, 0.15) is 12.8 Å². The van der Waals surface area contributed by atoms with Crippen molar-refractivity contribution in [1.29, 1.82) is 0 Å². The quantitative estimate of drug-likeness (QED) is 0.334. The van der Waals surface area contributed by atoms with Gasteiger partial charge in [-0.1, -0.05) is 5.92 Å². The van der Waals surface area contributed by atoms with Crippen molar-refractivity contribution in [2.75, 3.05) is 0 Å². The van der Waals surface area contributed by atoms with Crippen molar-refractivity contribution < 1.29 is 9.46 Å². The van der Waals surface area contributed by atoms with Crippen molar-refractivity contribution >= 4 is 8.03 Å². The lowest BCUT2D eigenvalue weighted by atomic mass is 10.3. The van der Waals surface area contributed by atoms with E-state index < -0.39 is 8.03 Å². The summed E-state index contributed by atoms with van der Waals surface area (Å²) in [6.45, 7) is 0. The van der Waals surface area contributed by atoms with E-state index in [4.69, 9.17) is 11.3 Å². The summed E-state index contributed by atoms with van der Waals surface area (Å²) in [5.74, 6) is 4.84. The van der Waals surface area contributed by atoms with Crippen LogP contribution in [0.3, 0.4) is 0 Å². The molecule has 0 rings (SSSR count). The second-order valence-corrected chi connectivity index (χ2v) is 2.17. The van der Waals surface area contributed by atoms with Gasteiger partial charge < -0.3 is 4.89 Å². The molecule has 0 heterocycles. The van der Waals surface area contributed by atoms with Crippen LogP contribution >= 0.6 is 8.03 Å². The third kappa shape index (κ3) is 7.31. The van der Waals surface area contributed by atoms with Crippen molar-refractivity contribution in [1.82, 2.24) is 0 Å². The first-order valence-electron chi connectivity index (χ1n) is 2.42. The fourth-order valence-corrected chi connectivity index (χ4v) is 0.549. The highest BCUT2D eigenvalue weighted by Gasteiger charge is 1.76. The van der Waals surface area contributed by atoms with Gasteiger partial charge in [0.05, 0.1) is 0 Å². The normalized spacial score (nSPS) is 10.7. The van der Waals surface area contributed by atoms with Gasteiger partial charge in [-0.2, -0.15) is 0 Å². The summed E-state index contributed by atoms with van der Waals surface area (Å²) in [6, 6.07) is 0. The molecule has 48 valence electrons. The maximum Gasteiger partial charge on any atom is 0.259 e. The summed E-state index contributed by atoms with van der Waals surface area (Å²) < 4.78 is 9.92. The lowest BCUT2D eigenvalue weighted by Gasteiger charge is -1.75. The first kappa shape index (κ1) is 8.31. The largest absolute Gasteiger partial charge is 0.338 e. The maximum absolute atomic E-state index is 9.92. The summed E-state index contributed by atoms with van der Waals surface area (Å²) in [5, 5.41) is 0. The fourth-order valence-electron chi connectivity index (χ4n) is 0.273. The molecule has 0 saturated heterocycles. The molecule has 0 bridgehead atoms. The second kappa shape index (κ2) is 5.45. The topological polar surface area (TPSA) is 37.3 Å². The Balaban J connectivity index is 3.41. The molecular formula is C6H7O2P. The van der Waals surface area contributed by atoms with Gasteiger partial charge in [-0.25, -0.2) is 0 Å². The van der Waals surface area contributed by atoms with Crippen molar-refractivity contribution in [2.45, 2.75) is 12.8 Å². The molecule has 0 aliphatic rings. The highest BCUT2D eigenvalue weighted by Crippen LogP contribution is 2.07. The van der Waals surface area contributed by atoms with Gasteiger partial charge in [0.15, 0.2) is 0 Å². The second-order valence-electron chi connectivity index (χ2n) is 1.31.